The number of carbonyl (C=O) groups excluding carboxylic acids is 2. The van der Waals surface area contributed by atoms with Crippen LogP contribution in [0.3, 0.4) is 0 Å². The number of esters is 1. The zero-order chi connectivity index (χ0) is 21.6. The summed E-state index contributed by atoms with van der Waals surface area (Å²) in [5.41, 5.74) is 0.262. The van der Waals surface area contributed by atoms with Crippen molar-refractivity contribution < 1.29 is 27.5 Å². The third kappa shape index (κ3) is 6.16. The fourth-order valence-corrected chi connectivity index (χ4v) is 5.65. The van der Waals surface area contributed by atoms with Crippen LogP contribution in [-0.4, -0.2) is 57.5 Å². The first-order chi connectivity index (χ1) is 14.4. The third-order valence-corrected chi connectivity index (χ3v) is 7.78. The molecule has 1 aromatic rings. The smallest absolute Gasteiger partial charge is 0.306 e. The van der Waals surface area contributed by atoms with Crippen molar-refractivity contribution in [2.75, 3.05) is 38.2 Å². The molecule has 1 saturated carbocycles. The first kappa shape index (κ1) is 23.0. The molecule has 0 atom stereocenters. The largest absolute Gasteiger partial charge is 0.456 e. The molecule has 1 saturated heterocycles. The number of morpholine rings is 1. The van der Waals surface area contributed by atoms with Crippen molar-refractivity contribution in [1.82, 2.24) is 4.31 Å². The van der Waals surface area contributed by atoms with Crippen LogP contribution >= 0.6 is 11.6 Å². The predicted molar refractivity (Wildman–Crippen MR) is 112 cm³/mol. The van der Waals surface area contributed by atoms with Gasteiger partial charge < -0.3 is 14.8 Å². The fraction of sp³-hybridized carbons (Fsp3) is 0.600. The molecule has 3 rings (SSSR count). The Bertz CT molecular complexity index is 864. The number of amides is 1. The van der Waals surface area contributed by atoms with E-state index in [0.29, 0.717) is 25.6 Å². The number of halogens is 1. The van der Waals surface area contributed by atoms with E-state index in [0.717, 1.165) is 19.3 Å². The minimum absolute atomic E-state index is 0.0674. The van der Waals surface area contributed by atoms with E-state index in [2.05, 4.69) is 5.32 Å². The Kier molecular flexibility index (Phi) is 8.10. The van der Waals surface area contributed by atoms with E-state index in [1.165, 1.54) is 35.3 Å². The molecular formula is C20H27ClN2O6S. The van der Waals surface area contributed by atoms with E-state index in [1.54, 1.807) is 0 Å². The minimum Gasteiger partial charge on any atom is -0.456 e. The number of nitrogens with zero attached hydrogens (tertiary/aromatic N) is 1. The van der Waals surface area contributed by atoms with Gasteiger partial charge in [-0.15, -0.1) is 0 Å². The Morgan fingerprint density at radius 1 is 1.20 bits per heavy atom. The van der Waals surface area contributed by atoms with Gasteiger partial charge in [0.2, 0.25) is 10.0 Å². The second-order valence-electron chi connectivity index (χ2n) is 7.56. The van der Waals surface area contributed by atoms with Crippen molar-refractivity contribution in [1.29, 1.82) is 0 Å². The van der Waals surface area contributed by atoms with Gasteiger partial charge in [-0.2, -0.15) is 4.31 Å². The number of benzene rings is 1. The van der Waals surface area contributed by atoms with Crippen LogP contribution in [-0.2, 0) is 29.1 Å². The highest BCUT2D eigenvalue weighted by Gasteiger charge is 2.28. The van der Waals surface area contributed by atoms with Crippen LogP contribution in [0.15, 0.2) is 23.1 Å². The van der Waals surface area contributed by atoms with Gasteiger partial charge in [0.05, 0.1) is 18.2 Å². The lowest BCUT2D eigenvalue weighted by Crippen LogP contribution is -2.40. The van der Waals surface area contributed by atoms with Crippen LogP contribution in [0.2, 0.25) is 5.02 Å². The molecule has 1 aromatic carbocycles. The summed E-state index contributed by atoms with van der Waals surface area (Å²) in [4.78, 5) is 23.9. The molecule has 8 nitrogen and oxygen atoms in total. The van der Waals surface area contributed by atoms with Crippen LogP contribution in [0.1, 0.15) is 38.5 Å². The highest BCUT2D eigenvalue weighted by molar-refractivity contribution is 7.89. The van der Waals surface area contributed by atoms with Crippen molar-refractivity contribution >= 4 is 39.2 Å². The second kappa shape index (κ2) is 10.6. The van der Waals surface area contributed by atoms with E-state index in [9.17, 15) is 18.0 Å². The van der Waals surface area contributed by atoms with Crippen molar-refractivity contribution in [2.45, 2.75) is 43.4 Å². The molecule has 1 aliphatic carbocycles. The number of anilines is 1. The second-order valence-corrected chi connectivity index (χ2v) is 9.87. The third-order valence-electron chi connectivity index (χ3n) is 5.40. The number of rotatable bonds is 8. The molecule has 30 heavy (non-hydrogen) atoms. The highest BCUT2D eigenvalue weighted by Crippen LogP contribution is 2.29. The van der Waals surface area contributed by atoms with Gasteiger partial charge in [0, 0.05) is 25.2 Å². The summed E-state index contributed by atoms with van der Waals surface area (Å²) >= 11 is 6.11. The van der Waals surface area contributed by atoms with E-state index in [-0.39, 0.29) is 28.7 Å². The molecule has 1 aliphatic heterocycles. The maximum absolute atomic E-state index is 12.8. The summed E-state index contributed by atoms with van der Waals surface area (Å²) in [5.74, 6) is -0.364. The van der Waals surface area contributed by atoms with Crippen LogP contribution in [0.25, 0.3) is 0 Å². The number of carbonyl (C=O) groups is 2. The van der Waals surface area contributed by atoms with E-state index in [1.807, 2.05) is 0 Å². The van der Waals surface area contributed by atoms with Gasteiger partial charge in [0.15, 0.2) is 6.61 Å². The monoisotopic (exact) mass is 458 g/mol. The number of hydrogen-bond donors (Lipinski definition) is 1. The fourth-order valence-electron chi connectivity index (χ4n) is 3.74. The van der Waals surface area contributed by atoms with Gasteiger partial charge in [-0.25, -0.2) is 8.42 Å². The zero-order valence-corrected chi connectivity index (χ0v) is 18.3. The molecule has 166 valence electrons. The molecule has 1 amide bonds. The lowest BCUT2D eigenvalue weighted by molar-refractivity contribution is -0.147. The number of sulfonamides is 1. The summed E-state index contributed by atoms with van der Waals surface area (Å²) < 4.78 is 37.2. The Labute approximate surface area is 181 Å². The van der Waals surface area contributed by atoms with Gasteiger partial charge >= 0.3 is 5.97 Å². The molecule has 1 N–H and O–H groups in total. The topological polar surface area (TPSA) is 102 Å². The maximum Gasteiger partial charge on any atom is 0.306 e. The first-order valence-corrected chi connectivity index (χ1v) is 12.0. The standard InChI is InChI=1S/C20H27ClN2O6S/c21-17-7-6-16(13-18(17)30(26,27)23-9-11-28-12-10-23)22-19(24)14-29-20(25)8-5-15-3-1-2-4-15/h6-7,13,15H,1-5,8-12,14H2,(H,22,24). The summed E-state index contributed by atoms with van der Waals surface area (Å²) in [6.45, 7) is 0.703. The summed E-state index contributed by atoms with van der Waals surface area (Å²) in [6.07, 6.45) is 5.83. The molecule has 0 unspecified atom stereocenters. The lowest BCUT2D eigenvalue weighted by Gasteiger charge is -2.26. The molecule has 0 spiro atoms. The summed E-state index contributed by atoms with van der Waals surface area (Å²) in [5, 5.41) is 2.62. The maximum atomic E-state index is 12.8. The first-order valence-electron chi connectivity index (χ1n) is 10.2. The zero-order valence-electron chi connectivity index (χ0n) is 16.8. The molecule has 0 bridgehead atoms. The van der Waals surface area contributed by atoms with Crippen LogP contribution in [0.5, 0.6) is 0 Å². The Balaban J connectivity index is 1.54. The molecule has 0 aromatic heterocycles. The van der Waals surface area contributed by atoms with Gasteiger partial charge in [0.1, 0.15) is 4.90 Å². The molecule has 1 heterocycles. The Hall–Kier alpha value is -1.68. The molecule has 2 fully saturated rings. The van der Waals surface area contributed by atoms with Gasteiger partial charge in [0.25, 0.3) is 5.91 Å². The van der Waals surface area contributed by atoms with Crippen LogP contribution in [0.4, 0.5) is 5.69 Å². The van der Waals surface area contributed by atoms with Gasteiger partial charge in [-0.1, -0.05) is 37.3 Å². The van der Waals surface area contributed by atoms with Crippen molar-refractivity contribution in [3.8, 4) is 0 Å². The van der Waals surface area contributed by atoms with Crippen molar-refractivity contribution in [3.05, 3.63) is 23.2 Å². The average molecular weight is 459 g/mol. The Morgan fingerprint density at radius 2 is 1.90 bits per heavy atom. The van der Waals surface area contributed by atoms with Crippen molar-refractivity contribution in [3.63, 3.8) is 0 Å². The molecule has 0 radical (unpaired) electrons. The van der Waals surface area contributed by atoms with Gasteiger partial charge in [-0.3, -0.25) is 9.59 Å². The summed E-state index contributed by atoms with van der Waals surface area (Å²) in [6, 6.07) is 4.23. The van der Waals surface area contributed by atoms with E-state index >= 15 is 0 Å². The molecular weight excluding hydrogens is 432 g/mol. The minimum atomic E-state index is -3.81. The van der Waals surface area contributed by atoms with Gasteiger partial charge in [-0.05, 0) is 30.5 Å². The molecule has 10 heteroatoms. The molecule has 2 aliphatic rings. The average Bonchev–Trinajstić information content (AvgIpc) is 3.26. The number of hydrogen-bond acceptors (Lipinski definition) is 6. The van der Waals surface area contributed by atoms with Crippen molar-refractivity contribution in [2.24, 2.45) is 5.92 Å². The van der Waals surface area contributed by atoms with E-state index < -0.39 is 28.5 Å². The lowest BCUT2D eigenvalue weighted by atomic mass is 10.0. The van der Waals surface area contributed by atoms with Crippen LogP contribution in [0, 0.1) is 5.92 Å². The SMILES string of the molecule is O=C(COC(=O)CCC1CCCC1)Nc1ccc(Cl)c(S(=O)(=O)N2CCOCC2)c1. The van der Waals surface area contributed by atoms with Crippen LogP contribution < -0.4 is 5.32 Å². The summed E-state index contributed by atoms with van der Waals surface area (Å²) in [7, 11) is -3.81. The normalized spacial score (nSPS) is 18.3. The highest BCUT2D eigenvalue weighted by atomic mass is 35.5. The Morgan fingerprint density at radius 3 is 2.60 bits per heavy atom. The number of nitrogens with one attached hydrogen (secondary N) is 1. The van der Waals surface area contributed by atoms with E-state index in [4.69, 9.17) is 21.1 Å². The number of ether oxygens (including phenoxy) is 2. The predicted octanol–water partition coefficient (Wildman–Crippen LogP) is 2.81. The quantitative estimate of drug-likeness (QED) is 0.601.